The first-order valence-corrected chi connectivity index (χ1v) is 6.44. The molecule has 104 valence electrons. The average molecular weight is 271 g/mol. The Balaban J connectivity index is 1.82. The van der Waals surface area contributed by atoms with Gasteiger partial charge in [0.15, 0.2) is 0 Å². The van der Waals surface area contributed by atoms with Gasteiger partial charge in [-0.25, -0.2) is 4.98 Å². The Morgan fingerprint density at radius 3 is 2.45 bits per heavy atom. The summed E-state index contributed by atoms with van der Waals surface area (Å²) in [5.74, 6) is -0.218. The van der Waals surface area contributed by atoms with Crippen molar-refractivity contribution in [3.8, 4) is 0 Å². The maximum atomic E-state index is 11.8. The van der Waals surface area contributed by atoms with Crippen LogP contribution in [0.2, 0.25) is 0 Å². The van der Waals surface area contributed by atoms with Gasteiger partial charge in [0.1, 0.15) is 5.69 Å². The number of benzene rings is 1. The first-order chi connectivity index (χ1) is 9.69. The standard InChI is InChI=1S/C15H17N3O2/c1-11-8-18-14(9-17-11)15(20)16-7-6-12-2-4-13(10-19)5-3-12/h2-5,8-9,19H,6-7,10H2,1H3,(H,16,20). The molecule has 2 aromatic rings. The minimum Gasteiger partial charge on any atom is -0.392 e. The van der Waals surface area contributed by atoms with Crippen molar-refractivity contribution in [3.05, 3.63) is 59.2 Å². The van der Waals surface area contributed by atoms with Crippen LogP contribution in [-0.4, -0.2) is 27.5 Å². The molecule has 2 N–H and O–H groups in total. The molecule has 0 bridgehead atoms. The molecule has 20 heavy (non-hydrogen) atoms. The molecule has 0 radical (unpaired) electrons. The molecule has 5 heteroatoms. The molecule has 0 saturated heterocycles. The summed E-state index contributed by atoms with van der Waals surface area (Å²) >= 11 is 0. The van der Waals surface area contributed by atoms with Crippen LogP contribution in [0.15, 0.2) is 36.7 Å². The number of carbonyl (C=O) groups excluding carboxylic acids is 1. The Kier molecular flexibility index (Phi) is 4.79. The molecule has 1 aromatic carbocycles. The first-order valence-electron chi connectivity index (χ1n) is 6.44. The van der Waals surface area contributed by atoms with Gasteiger partial charge in [-0.15, -0.1) is 0 Å². The van der Waals surface area contributed by atoms with E-state index in [0.717, 1.165) is 23.2 Å². The maximum Gasteiger partial charge on any atom is 0.271 e. The predicted molar refractivity (Wildman–Crippen MR) is 75.2 cm³/mol. The minimum atomic E-state index is -0.218. The molecule has 1 aromatic heterocycles. The van der Waals surface area contributed by atoms with E-state index >= 15 is 0 Å². The summed E-state index contributed by atoms with van der Waals surface area (Å²) in [5, 5.41) is 11.8. The van der Waals surface area contributed by atoms with Gasteiger partial charge in [-0.3, -0.25) is 9.78 Å². The van der Waals surface area contributed by atoms with Crippen molar-refractivity contribution in [2.24, 2.45) is 0 Å². The summed E-state index contributed by atoms with van der Waals surface area (Å²) in [6, 6.07) is 7.65. The molecular formula is C15H17N3O2. The third-order valence-corrected chi connectivity index (χ3v) is 2.92. The largest absolute Gasteiger partial charge is 0.392 e. The summed E-state index contributed by atoms with van der Waals surface area (Å²) in [6.45, 7) is 2.40. The Morgan fingerprint density at radius 1 is 1.15 bits per heavy atom. The van der Waals surface area contributed by atoms with Gasteiger partial charge in [-0.1, -0.05) is 24.3 Å². The van der Waals surface area contributed by atoms with Crippen molar-refractivity contribution in [1.29, 1.82) is 0 Å². The lowest BCUT2D eigenvalue weighted by Crippen LogP contribution is -2.26. The monoisotopic (exact) mass is 271 g/mol. The molecule has 0 aliphatic rings. The van der Waals surface area contributed by atoms with Crippen LogP contribution in [0.25, 0.3) is 0 Å². The summed E-state index contributed by atoms with van der Waals surface area (Å²) in [7, 11) is 0. The second-order valence-corrected chi connectivity index (χ2v) is 4.52. The molecule has 0 fully saturated rings. The highest BCUT2D eigenvalue weighted by Crippen LogP contribution is 2.04. The summed E-state index contributed by atoms with van der Waals surface area (Å²) in [5.41, 5.74) is 3.10. The summed E-state index contributed by atoms with van der Waals surface area (Å²) in [4.78, 5) is 19.9. The molecule has 2 rings (SSSR count). The predicted octanol–water partition coefficient (Wildman–Crippen LogP) is 1.25. The second-order valence-electron chi connectivity index (χ2n) is 4.52. The highest BCUT2D eigenvalue weighted by atomic mass is 16.3. The SMILES string of the molecule is Cc1cnc(C(=O)NCCc2ccc(CO)cc2)cn1. The van der Waals surface area contributed by atoms with E-state index in [1.165, 1.54) is 6.20 Å². The molecule has 5 nitrogen and oxygen atoms in total. The number of hydrogen-bond donors (Lipinski definition) is 2. The zero-order chi connectivity index (χ0) is 14.4. The van der Waals surface area contributed by atoms with Crippen molar-refractivity contribution >= 4 is 5.91 Å². The Hall–Kier alpha value is -2.27. The van der Waals surface area contributed by atoms with E-state index in [1.807, 2.05) is 31.2 Å². The van der Waals surface area contributed by atoms with Crippen molar-refractivity contribution in [2.45, 2.75) is 20.0 Å². The number of amides is 1. The van der Waals surface area contributed by atoms with E-state index in [4.69, 9.17) is 5.11 Å². The van der Waals surface area contributed by atoms with E-state index in [0.29, 0.717) is 12.2 Å². The van der Waals surface area contributed by atoms with Crippen molar-refractivity contribution < 1.29 is 9.90 Å². The van der Waals surface area contributed by atoms with Crippen molar-refractivity contribution in [2.75, 3.05) is 6.54 Å². The third kappa shape index (κ3) is 3.86. The molecule has 0 atom stereocenters. The number of nitrogens with zero attached hydrogens (tertiary/aromatic N) is 2. The van der Waals surface area contributed by atoms with Crippen LogP contribution in [0.1, 0.15) is 27.3 Å². The van der Waals surface area contributed by atoms with Crippen LogP contribution in [-0.2, 0) is 13.0 Å². The number of aryl methyl sites for hydroxylation is 1. The van der Waals surface area contributed by atoms with E-state index in [9.17, 15) is 4.79 Å². The van der Waals surface area contributed by atoms with E-state index in [-0.39, 0.29) is 12.5 Å². The lowest BCUT2D eigenvalue weighted by molar-refractivity contribution is 0.0948. The summed E-state index contributed by atoms with van der Waals surface area (Å²) < 4.78 is 0. The fourth-order valence-electron chi connectivity index (χ4n) is 1.73. The van der Waals surface area contributed by atoms with Crippen LogP contribution in [0.3, 0.4) is 0 Å². The number of aliphatic hydroxyl groups is 1. The zero-order valence-electron chi connectivity index (χ0n) is 11.3. The molecule has 0 aliphatic carbocycles. The van der Waals surface area contributed by atoms with E-state index < -0.39 is 0 Å². The maximum absolute atomic E-state index is 11.8. The van der Waals surface area contributed by atoms with Gasteiger partial charge < -0.3 is 10.4 Å². The lowest BCUT2D eigenvalue weighted by Gasteiger charge is -2.05. The van der Waals surface area contributed by atoms with E-state index in [2.05, 4.69) is 15.3 Å². The normalized spacial score (nSPS) is 10.3. The molecule has 0 spiro atoms. The van der Waals surface area contributed by atoms with Crippen LogP contribution < -0.4 is 5.32 Å². The molecule has 0 saturated carbocycles. The fourth-order valence-corrected chi connectivity index (χ4v) is 1.73. The molecule has 0 unspecified atom stereocenters. The van der Waals surface area contributed by atoms with Gasteiger partial charge >= 0.3 is 0 Å². The molecule has 0 aliphatic heterocycles. The van der Waals surface area contributed by atoms with Crippen molar-refractivity contribution in [3.63, 3.8) is 0 Å². The second kappa shape index (κ2) is 6.77. The van der Waals surface area contributed by atoms with Gasteiger partial charge in [0.2, 0.25) is 0 Å². The Labute approximate surface area is 117 Å². The Morgan fingerprint density at radius 2 is 1.85 bits per heavy atom. The first kappa shape index (κ1) is 14.1. The number of aromatic nitrogens is 2. The quantitative estimate of drug-likeness (QED) is 0.858. The average Bonchev–Trinajstić information content (AvgIpc) is 2.48. The number of rotatable bonds is 5. The molecule has 1 amide bonds. The molecule has 1 heterocycles. The van der Waals surface area contributed by atoms with Crippen LogP contribution in [0, 0.1) is 6.92 Å². The fraction of sp³-hybridized carbons (Fsp3) is 0.267. The van der Waals surface area contributed by atoms with Crippen LogP contribution in [0.4, 0.5) is 0 Å². The third-order valence-electron chi connectivity index (χ3n) is 2.92. The van der Waals surface area contributed by atoms with Crippen LogP contribution in [0.5, 0.6) is 0 Å². The smallest absolute Gasteiger partial charge is 0.271 e. The number of hydrogen-bond acceptors (Lipinski definition) is 4. The van der Waals surface area contributed by atoms with Gasteiger partial charge in [0.05, 0.1) is 18.5 Å². The number of carbonyl (C=O) groups is 1. The summed E-state index contributed by atoms with van der Waals surface area (Å²) in [6.07, 6.45) is 3.78. The zero-order valence-corrected chi connectivity index (χ0v) is 11.3. The lowest BCUT2D eigenvalue weighted by atomic mass is 10.1. The number of aliphatic hydroxyl groups excluding tert-OH is 1. The van der Waals surface area contributed by atoms with Gasteiger partial charge in [-0.2, -0.15) is 0 Å². The van der Waals surface area contributed by atoms with Crippen LogP contribution >= 0.6 is 0 Å². The number of nitrogens with one attached hydrogen (secondary N) is 1. The van der Waals surface area contributed by atoms with Gasteiger partial charge in [0, 0.05) is 12.7 Å². The topological polar surface area (TPSA) is 75.1 Å². The van der Waals surface area contributed by atoms with Gasteiger partial charge in [0.25, 0.3) is 5.91 Å². The highest BCUT2D eigenvalue weighted by molar-refractivity contribution is 5.91. The van der Waals surface area contributed by atoms with E-state index in [1.54, 1.807) is 6.20 Å². The van der Waals surface area contributed by atoms with Gasteiger partial charge in [-0.05, 0) is 24.5 Å². The highest BCUT2D eigenvalue weighted by Gasteiger charge is 2.06. The molecular weight excluding hydrogens is 254 g/mol. The Bertz CT molecular complexity index is 565. The minimum absolute atomic E-state index is 0.0448. The van der Waals surface area contributed by atoms with Crippen molar-refractivity contribution in [1.82, 2.24) is 15.3 Å².